The topological polar surface area (TPSA) is 101 Å². The van der Waals surface area contributed by atoms with Crippen LogP contribution >= 0.6 is 0 Å². The molecule has 8 heteroatoms. The minimum atomic E-state index is -0.473. The maximum absolute atomic E-state index is 10.9. The lowest BCUT2D eigenvalue weighted by atomic mass is 10.2. The van der Waals surface area contributed by atoms with Crippen molar-refractivity contribution < 1.29 is 18.9 Å². The molecule has 0 atom stereocenters. The molecule has 24 heavy (non-hydrogen) atoms. The molecule has 0 bridgehead atoms. The van der Waals surface area contributed by atoms with Gasteiger partial charge in [0.05, 0.1) is 19.1 Å². The molecule has 8 nitrogen and oxygen atoms in total. The van der Waals surface area contributed by atoms with Gasteiger partial charge in [0, 0.05) is 23.3 Å². The van der Waals surface area contributed by atoms with Crippen molar-refractivity contribution in [2.24, 2.45) is 0 Å². The third kappa shape index (κ3) is 2.89. The monoisotopic (exact) mass is 327 g/mol. The highest BCUT2D eigenvalue weighted by atomic mass is 16.6. The van der Waals surface area contributed by atoms with E-state index >= 15 is 0 Å². The van der Waals surface area contributed by atoms with E-state index in [2.05, 4.69) is 10.1 Å². The van der Waals surface area contributed by atoms with Gasteiger partial charge in [-0.2, -0.15) is 4.98 Å². The average Bonchev–Trinajstić information content (AvgIpc) is 3.11. The number of hydrogen-bond donors (Lipinski definition) is 0. The van der Waals surface area contributed by atoms with Crippen LogP contribution in [-0.4, -0.2) is 29.3 Å². The molecular formula is C16H13N3O5. The summed E-state index contributed by atoms with van der Waals surface area (Å²) in [7, 11) is 3.08. The van der Waals surface area contributed by atoms with Crippen molar-refractivity contribution in [3.63, 3.8) is 0 Å². The van der Waals surface area contributed by atoms with Gasteiger partial charge in [0.1, 0.15) is 0 Å². The molecule has 1 heterocycles. The van der Waals surface area contributed by atoms with E-state index in [-0.39, 0.29) is 17.4 Å². The molecule has 0 aliphatic rings. The molecular weight excluding hydrogens is 314 g/mol. The number of benzene rings is 2. The van der Waals surface area contributed by atoms with E-state index in [9.17, 15) is 10.1 Å². The summed E-state index contributed by atoms with van der Waals surface area (Å²) in [4.78, 5) is 14.7. The highest BCUT2D eigenvalue weighted by molar-refractivity contribution is 5.64. The van der Waals surface area contributed by atoms with E-state index in [1.807, 2.05) is 0 Å². The third-order valence-corrected chi connectivity index (χ3v) is 3.37. The lowest BCUT2D eigenvalue weighted by Crippen LogP contribution is -1.91. The van der Waals surface area contributed by atoms with Gasteiger partial charge in [-0.3, -0.25) is 10.1 Å². The standard InChI is InChI=1S/C16H13N3O5/c1-22-13-7-6-11(9-14(13)23-2)16-17-15(18-24-16)10-4-3-5-12(8-10)19(20)21/h3-9H,1-2H3. The van der Waals surface area contributed by atoms with E-state index in [1.165, 1.54) is 19.2 Å². The molecule has 0 amide bonds. The van der Waals surface area contributed by atoms with E-state index in [1.54, 1.807) is 37.4 Å². The SMILES string of the molecule is COc1ccc(-c2nc(-c3cccc([N+](=O)[O-])c3)no2)cc1OC. The number of non-ortho nitro benzene ring substituents is 1. The first-order valence-electron chi connectivity index (χ1n) is 6.93. The van der Waals surface area contributed by atoms with Gasteiger partial charge in [-0.1, -0.05) is 17.3 Å². The van der Waals surface area contributed by atoms with Crippen LogP contribution in [0.1, 0.15) is 0 Å². The van der Waals surface area contributed by atoms with Crippen molar-refractivity contribution in [3.05, 3.63) is 52.6 Å². The number of rotatable bonds is 5. The molecule has 0 fully saturated rings. The smallest absolute Gasteiger partial charge is 0.270 e. The van der Waals surface area contributed by atoms with Crippen LogP contribution in [0.15, 0.2) is 47.0 Å². The largest absolute Gasteiger partial charge is 0.493 e. The molecule has 0 N–H and O–H groups in total. The van der Waals surface area contributed by atoms with Crippen LogP contribution in [0.2, 0.25) is 0 Å². The Bertz CT molecular complexity index is 891. The molecule has 0 spiro atoms. The molecule has 0 saturated heterocycles. The summed E-state index contributed by atoms with van der Waals surface area (Å²) in [5.74, 6) is 1.66. The fraction of sp³-hybridized carbons (Fsp3) is 0.125. The maximum Gasteiger partial charge on any atom is 0.270 e. The van der Waals surface area contributed by atoms with Crippen molar-refractivity contribution in [1.82, 2.24) is 10.1 Å². The molecule has 0 unspecified atom stereocenters. The Morgan fingerprint density at radius 3 is 2.54 bits per heavy atom. The van der Waals surface area contributed by atoms with Crippen molar-refractivity contribution in [1.29, 1.82) is 0 Å². The Kier molecular flexibility index (Phi) is 4.11. The maximum atomic E-state index is 10.9. The summed E-state index contributed by atoms with van der Waals surface area (Å²) in [5, 5.41) is 14.7. The van der Waals surface area contributed by atoms with Gasteiger partial charge in [0.25, 0.3) is 11.6 Å². The summed E-state index contributed by atoms with van der Waals surface area (Å²) in [6, 6.07) is 11.2. The normalized spacial score (nSPS) is 10.4. The van der Waals surface area contributed by atoms with Crippen LogP contribution in [0.4, 0.5) is 5.69 Å². The van der Waals surface area contributed by atoms with Gasteiger partial charge < -0.3 is 14.0 Å². The van der Waals surface area contributed by atoms with Crippen molar-refractivity contribution in [2.45, 2.75) is 0 Å². The quantitative estimate of drug-likeness (QED) is 0.523. The molecule has 1 aromatic heterocycles. The summed E-state index contributed by atoms with van der Waals surface area (Å²) < 4.78 is 15.7. The Morgan fingerprint density at radius 1 is 1.04 bits per heavy atom. The molecule has 122 valence electrons. The van der Waals surface area contributed by atoms with Gasteiger partial charge in [-0.05, 0) is 18.2 Å². The number of hydrogen-bond acceptors (Lipinski definition) is 7. The van der Waals surface area contributed by atoms with Crippen molar-refractivity contribution >= 4 is 5.69 Å². The second-order valence-electron chi connectivity index (χ2n) is 4.80. The summed E-state index contributed by atoms with van der Waals surface area (Å²) in [6.07, 6.45) is 0. The number of nitrogens with zero attached hydrogens (tertiary/aromatic N) is 3. The van der Waals surface area contributed by atoms with Crippen LogP contribution in [0.3, 0.4) is 0 Å². The lowest BCUT2D eigenvalue weighted by Gasteiger charge is -2.07. The Hall–Kier alpha value is -3.42. The highest BCUT2D eigenvalue weighted by Crippen LogP contribution is 2.32. The van der Waals surface area contributed by atoms with Crippen LogP contribution in [0.5, 0.6) is 11.5 Å². The summed E-state index contributed by atoms with van der Waals surface area (Å²) >= 11 is 0. The lowest BCUT2D eigenvalue weighted by molar-refractivity contribution is -0.384. The molecule has 2 aromatic carbocycles. The first kappa shape index (κ1) is 15.5. The highest BCUT2D eigenvalue weighted by Gasteiger charge is 2.15. The third-order valence-electron chi connectivity index (χ3n) is 3.37. The molecule has 0 aliphatic carbocycles. The van der Waals surface area contributed by atoms with Gasteiger partial charge in [0.15, 0.2) is 11.5 Å². The van der Waals surface area contributed by atoms with Crippen molar-refractivity contribution in [2.75, 3.05) is 14.2 Å². The van der Waals surface area contributed by atoms with Crippen LogP contribution in [0.25, 0.3) is 22.8 Å². The minimum Gasteiger partial charge on any atom is -0.493 e. The van der Waals surface area contributed by atoms with E-state index in [0.29, 0.717) is 22.6 Å². The van der Waals surface area contributed by atoms with Crippen LogP contribution < -0.4 is 9.47 Å². The zero-order chi connectivity index (χ0) is 17.1. The van der Waals surface area contributed by atoms with Gasteiger partial charge >= 0.3 is 0 Å². The molecule has 3 aromatic rings. The van der Waals surface area contributed by atoms with E-state index in [4.69, 9.17) is 14.0 Å². The molecule has 0 radical (unpaired) electrons. The van der Waals surface area contributed by atoms with Crippen molar-refractivity contribution in [3.8, 4) is 34.3 Å². The summed E-state index contributed by atoms with van der Waals surface area (Å²) in [6.45, 7) is 0. The summed E-state index contributed by atoms with van der Waals surface area (Å²) in [5.41, 5.74) is 1.11. The molecule has 3 rings (SSSR count). The number of nitro benzene ring substituents is 1. The van der Waals surface area contributed by atoms with Crippen LogP contribution in [-0.2, 0) is 0 Å². The number of methoxy groups -OCH3 is 2. The zero-order valence-electron chi connectivity index (χ0n) is 12.9. The minimum absolute atomic E-state index is 0.0371. The van der Waals surface area contributed by atoms with Gasteiger partial charge in [0.2, 0.25) is 5.82 Å². The zero-order valence-corrected chi connectivity index (χ0v) is 12.9. The van der Waals surface area contributed by atoms with Gasteiger partial charge in [-0.15, -0.1) is 0 Å². The first-order chi connectivity index (χ1) is 11.6. The second-order valence-corrected chi connectivity index (χ2v) is 4.80. The molecule has 0 saturated carbocycles. The fourth-order valence-electron chi connectivity index (χ4n) is 2.19. The van der Waals surface area contributed by atoms with Gasteiger partial charge in [-0.25, -0.2) is 0 Å². The Balaban J connectivity index is 1.96. The average molecular weight is 327 g/mol. The number of aromatic nitrogens is 2. The fourth-order valence-corrected chi connectivity index (χ4v) is 2.19. The van der Waals surface area contributed by atoms with Crippen LogP contribution in [0, 0.1) is 10.1 Å². The molecule has 0 aliphatic heterocycles. The predicted octanol–water partition coefficient (Wildman–Crippen LogP) is 3.33. The van der Waals surface area contributed by atoms with E-state index in [0.717, 1.165) is 0 Å². The number of ether oxygens (including phenoxy) is 2. The second kappa shape index (κ2) is 6.37. The Morgan fingerprint density at radius 2 is 1.83 bits per heavy atom. The Labute approximate surface area is 136 Å². The predicted molar refractivity (Wildman–Crippen MR) is 84.9 cm³/mol. The number of nitro groups is 1. The van der Waals surface area contributed by atoms with E-state index < -0.39 is 4.92 Å². The first-order valence-corrected chi connectivity index (χ1v) is 6.93.